The first-order valence-electron chi connectivity index (χ1n) is 8.06. The lowest BCUT2D eigenvalue weighted by molar-refractivity contribution is 0.138. The van der Waals surface area contributed by atoms with Crippen molar-refractivity contribution in [3.63, 3.8) is 0 Å². The molecule has 1 N–H and O–H groups in total. The van der Waals surface area contributed by atoms with E-state index in [1.807, 2.05) is 6.92 Å². The average molecular weight is 300 g/mol. The molecular weight excluding hydrogens is 276 g/mol. The highest BCUT2D eigenvalue weighted by Gasteiger charge is 2.28. The largest absolute Gasteiger partial charge is 0.395 e. The van der Waals surface area contributed by atoms with E-state index in [0.717, 1.165) is 37.6 Å². The molecule has 5 nitrogen and oxygen atoms in total. The van der Waals surface area contributed by atoms with E-state index in [1.165, 1.54) is 11.1 Å². The summed E-state index contributed by atoms with van der Waals surface area (Å²) in [6.45, 7) is 6.53. The summed E-state index contributed by atoms with van der Waals surface area (Å²) in [6.07, 6.45) is 2.22. The first-order valence-corrected chi connectivity index (χ1v) is 8.06. The number of aliphatic hydroxyl groups excluding tert-OH is 1. The Morgan fingerprint density at radius 1 is 1.32 bits per heavy atom. The fourth-order valence-electron chi connectivity index (χ4n) is 3.52. The molecule has 3 rings (SSSR count). The molecule has 0 saturated carbocycles. The summed E-state index contributed by atoms with van der Waals surface area (Å²) in [7, 11) is 0. The fourth-order valence-corrected chi connectivity index (χ4v) is 3.52. The van der Waals surface area contributed by atoms with Crippen LogP contribution in [0.4, 0.5) is 0 Å². The number of benzene rings is 1. The van der Waals surface area contributed by atoms with Crippen molar-refractivity contribution >= 4 is 0 Å². The van der Waals surface area contributed by atoms with Gasteiger partial charge < -0.3 is 9.67 Å². The number of aliphatic hydroxyl groups is 1. The third-order valence-corrected chi connectivity index (χ3v) is 4.60. The molecule has 0 saturated heterocycles. The Hall–Kier alpha value is -1.72. The predicted molar refractivity (Wildman–Crippen MR) is 85.4 cm³/mol. The van der Waals surface area contributed by atoms with Crippen molar-refractivity contribution < 1.29 is 5.11 Å². The minimum atomic E-state index is 0.165. The van der Waals surface area contributed by atoms with E-state index in [2.05, 4.69) is 50.9 Å². The van der Waals surface area contributed by atoms with E-state index in [1.54, 1.807) is 0 Å². The molecular formula is C17H24N4O. The first-order chi connectivity index (χ1) is 10.7. The molecule has 1 aliphatic carbocycles. The number of hydrogen-bond donors (Lipinski definition) is 1. The fraction of sp³-hybridized carbons (Fsp3) is 0.529. The van der Waals surface area contributed by atoms with Crippen LogP contribution in [0.25, 0.3) is 0 Å². The minimum absolute atomic E-state index is 0.165. The standard InChI is InChI=1S/C17H24N4O/c1-3-21-13(2)18-19-17(21)12-20(10-11-22)16-9-8-14-6-4-5-7-15(14)16/h4-7,16,22H,3,8-12H2,1-2H3. The zero-order valence-electron chi connectivity index (χ0n) is 13.4. The second kappa shape index (κ2) is 6.58. The molecule has 0 spiro atoms. The lowest BCUT2D eigenvalue weighted by Crippen LogP contribution is -2.31. The van der Waals surface area contributed by atoms with Gasteiger partial charge >= 0.3 is 0 Å². The molecule has 22 heavy (non-hydrogen) atoms. The Morgan fingerprint density at radius 3 is 2.91 bits per heavy atom. The van der Waals surface area contributed by atoms with Gasteiger partial charge in [0.25, 0.3) is 0 Å². The van der Waals surface area contributed by atoms with Crippen LogP contribution in [0.3, 0.4) is 0 Å². The molecule has 0 bridgehead atoms. The molecule has 1 atom stereocenters. The molecule has 0 fully saturated rings. The monoisotopic (exact) mass is 300 g/mol. The average Bonchev–Trinajstić information content (AvgIpc) is 3.10. The van der Waals surface area contributed by atoms with Gasteiger partial charge in [-0.2, -0.15) is 0 Å². The highest BCUT2D eigenvalue weighted by Crippen LogP contribution is 2.36. The number of aromatic nitrogens is 3. The van der Waals surface area contributed by atoms with E-state index < -0.39 is 0 Å². The third kappa shape index (κ3) is 2.78. The van der Waals surface area contributed by atoms with Crippen molar-refractivity contribution in [3.8, 4) is 0 Å². The van der Waals surface area contributed by atoms with E-state index in [4.69, 9.17) is 0 Å². The summed E-state index contributed by atoms with van der Waals surface area (Å²) in [4.78, 5) is 2.33. The number of fused-ring (bicyclic) bond motifs is 1. The predicted octanol–water partition coefficient (Wildman–Crippen LogP) is 2.09. The van der Waals surface area contributed by atoms with Crippen LogP contribution in [-0.2, 0) is 19.5 Å². The summed E-state index contributed by atoms with van der Waals surface area (Å²) in [5, 5.41) is 18.0. The molecule has 1 unspecified atom stereocenters. The van der Waals surface area contributed by atoms with Crippen molar-refractivity contribution in [1.82, 2.24) is 19.7 Å². The van der Waals surface area contributed by atoms with Gasteiger partial charge in [-0.3, -0.25) is 4.90 Å². The van der Waals surface area contributed by atoms with Crippen LogP contribution in [0.5, 0.6) is 0 Å². The van der Waals surface area contributed by atoms with Crippen molar-refractivity contribution in [1.29, 1.82) is 0 Å². The van der Waals surface area contributed by atoms with Gasteiger partial charge in [0, 0.05) is 19.1 Å². The second-order valence-corrected chi connectivity index (χ2v) is 5.86. The van der Waals surface area contributed by atoms with Gasteiger partial charge in [0.1, 0.15) is 11.6 Å². The van der Waals surface area contributed by atoms with Crippen molar-refractivity contribution in [2.45, 2.75) is 45.8 Å². The van der Waals surface area contributed by atoms with E-state index in [0.29, 0.717) is 12.6 Å². The highest BCUT2D eigenvalue weighted by molar-refractivity contribution is 5.34. The molecule has 5 heteroatoms. The minimum Gasteiger partial charge on any atom is -0.395 e. The van der Waals surface area contributed by atoms with Crippen LogP contribution in [0, 0.1) is 6.92 Å². The maximum absolute atomic E-state index is 9.47. The van der Waals surface area contributed by atoms with Gasteiger partial charge in [-0.05, 0) is 37.8 Å². The van der Waals surface area contributed by atoms with Gasteiger partial charge in [0.15, 0.2) is 0 Å². The summed E-state index contributed by atoms with van der Waals surface area (Å²) < 4.78 is 2.14. The zero-order valence-corrected chi connectivity index (χ0v) is 13.4. The van der Waals surface area contributed by atoms with Gasteiger partial charge in [-0.1, -0.05) is 24.3 Å². The highest BCUT2D eigenvalue weighted by atomic mass is 16.3. The Bertz CT molecular complexity index is 637. The molecule has 0 aliphatic heterocycles. The molecule has 2 aromatic rings. The number of nitrogens with zero attached hydrogens (tertiary/aromatic N) is 4. The summed E-state index contributed by atoms with van der Waals surface area (Å²) in [6, 6.07) is 9.01. The summed E-state index contributed by atoms with van der Waals surface area (Å²) in [5.41, 5.74) is 2.83. The Labute approximate surface area is 131 Å². The van der Waals surface area contributed by atoms with Crippen LogP contribution < -0.4 is 0 Å². The van der Waals surface area contributed by atoms with Gasteiger partial charge in [0.05, 0.1) is 13.2 Å². The maximum Gasteiger partial charge on any atom is 0.147 e. The lowest BCUT2D eigenvalue weighted by Gasteiger charge is -2.28. The molecule has 118 valence electrons. The van der Waals surface area contributed by atoms with E-state index in [9.17, 15) is 5.11 Å². The Balaban J connectivity index is 1.85. The summed E-state index contributed by atoms with van der Waals surface area (Å²) in [5.74, 6) is 1.94. The second-order valence-electron chi connectivity index (χ2n) is 5.86. The van der Waals surface area contributed by atoms with Crippen molar-refractivity contribution in [2.75, 3.05) is 13.2 Å². The molecule has 1 aromatic heterocycles. The molecule has 1 heterocycles. The number of rotatable bonds is 6. The van der Waals surface area contributed by atoms with E-state index in [-0.39, 0.29) is 6.61 Å². The van der Waals surface area contributed by atoms with Crippen LogP contribution in [0.1, 0.15) is 42.2 Å². The van der Waals surface area contributed by atoms with Crippen molar-refractivity contribution in [2.24, 2.45) is 0 Å². The maximum atomic E-state index is 9.47. The quantitative estimate of drug-likeness (QED) is 0.887. The molecule has 0 radical (unpaired) electrons. The lowest BCUT2D eigenvalue weighted by atomic mass is 10.1. The van der Waals surface area contributed by atoms with Gasteiger partial charge in [-0.25, -0.2) is 0 Å². The molecule has 0 amide bonds. The first kappa shape index (κ1) is 15.2. The van der Waals surface area contributed by atoms with Crippen LogP contribution in [-0.4, -0.2) is 37.9 Å². The number of hydrogen-bond acceptors (Lipinski definition) is 4. The Morgan fingerprint density at radius 2 is 2.14 bits per heavy atom. The van der Waals surface area contributed by atoms with Crippen LogP contribution >= 0.6 is 0 Å². The zero-order chi connectivity index (χ0) is 15.5. The SMILES string of the molecule is CCn1c(C)nnc1CN(CCO)C1CCc2ccccc21. The van der Waals surface area contributed by atoms with E-state index >= 15 is 0 Å². The van der Waals surface area contributed by atoms with Gasteiger partial charge in [0.2, 0.25) is 0 Å². The number of aryl methyl sites for hydroxylation is 2. The molecule has 1 aromatic carbocycles. The smallest absolute Gasteiger partial charge is 0.147 e. The Kier molecular flexibility index (Phi) is 4.55. The molecule has 1 aliphatic rings. The summed E-state index contributed by atoms with van der Waals surface area (Å²) >= 11 is 0. The van der Waals surface area contributed by atoms with Gasteiger partial charge in [-0.15, -0.1) is 10.2 Å². The normalized spacial score (nSPS) is 17.2. The third-order valence-electron chi connectivity index (χ3n) is 4.60. The van der Waals surface area contributed by atoms with Crippen LogP contribution in [0.15, 0.2) is 24.3 Å². The van der Waals surface area contributed by atoms with Crippen LogP contribution in [0.2, 0.25) is 0 Å². The van der Waals surface area contributed by atoms with Crippen molar-refractivity contribution in [3.05, 3.63) is 47.0 Å². The topological polar surface area (TPSA) is 54.2 Å².